The van der Waals surface area contributed by atoms with Crippen LogP contribution in [0.1, 0.15) is 31.4 Å². The average Bonchev–Trinajstić information content (AvgIpc) is 2.29. The van der Waals surface area contributed by atoms with E-state index in [1.807, 2.05) is 23.9 Å². The second kappa shape index (κ2) is 7.71. The van der Waals surface area contributed by atoms with E-state index in [9.17, 15) is 5.11 Å². The van der Waals surface area contributed by atoms with Gasteiger partial charge in [0, 0.05) is 18.6 Å². The van der Waals surface area contributed by atoms with Gasteiger partial charge in [-0.2, -0.15) is 0 Å². The van der Waals surface area contributed by atoms with Crippen molar-refractivity contribution in [1.82, 2.24) is 0 Å². The smallest absolute Gasteiger partial charge is 0.0762 e. The summed E-state index contributed by atoms with van der Waals surface area (Å²) in [7, 11) is 1.74. The molecule has 1 rings (SSSR count). The molecule has 1 atom stereocenters. The first-order valence-corrected chi connectivity index (χ1v) is 6.62. The maximum Gasteiger partial charge on any atom is 0.0762 e. The molecule has 0 aliphatic carbocycles. The molecule has 0 saturated heterocycles. The van der Waals surface area contributed by atoms with Crippen molar-refractivity contribution in [3.05, 3.63) is 29.8 Å². The van der Waals surface area contributed by atoms with Crippen LogP contribution in [-0.4, -0.2) is 24.6 Å². The number of rotatable bonds is 7. The van der Waals surface area contributed by atoms with Crippen molar-refractivity contribution in [3.8, 4) is 0 Å². The van der Waals surface area contributed by atoms with Gasteiger partial charge in [-0.15, -0.1) is 11.8 Å². The summed E-state index contributed by atoms with van der Waals surface area (Å²) < 4.78 is 5.00. The fraction of sp³-hybridized carbons (Fsp3) is 0.538. The number of hydrogen-bond donors (Lipinski definition) is 1. The molecule has 1 N–H and O–H groups in total. The Kier molecular flexibility index (Phi) is 6.53. The Hall–Kier alpha value is -0.510. The molecule has 1 aromatic rings. The van der Waals surface area contributed by atoms with Crippen molar-refractivity contribution >= 4 is 11.8 Å². The normalized spacial score (nSPS) is 12.7. The molecule has 0 aromatic heterocycles. The lowest BCUT2D eigenvalue weighted by atomic mass is 10.1. The molecule has 0 radical (unpaired) electrons. The molecule has 0 bridgehead atoms. The molecule has 1 aromatic carbocycles. The predicted octanol–water partition coefficient (Wildman–Crippen LogP) is 3.26. The second-order valence-electron chi connectivity index (χ2n) is 3.80. The summed E-state index contributed by atoms with van der Waals surface area (Å²) in [6.07, 6.45) is 1.89. The SMILES string of the molecule is COCCCCSc1cccc(C(C)O)c1. The summed E-state index contributed by atoms with van der Waals surface area (Å²) in [6, 6.07) is 8.11. The number of aliphatic hydroxyl groups excluding tert-OH is 1. The van der Waals surface area contributed by atoms with Crippen LogP contribution in [-0.2, 0) is 4.74 Å². The first kappa shape index (κ1) is 13.6. The van der Waals surface area contributed by atoms with E-state index in [2.05, 4.69) is 12.1 Å². The van der Waals surface area contributed by atoms with Crippen molar-refractivity contribution in [2.24, 2.45) is 0 Å². The maximum absolute atomic E-state index is 9.46. The van der Waals surface area contributed by atoms with Gasteiger partial charge in [0.05, 0.1) is 6.10 Å². The van der Waals surface area contributed by atoms with Crippen molar-refractivity contribution in [3.63, 3.8) is 0 Å². The third-order valence-corrected chi connectivity index (χ3v) is 3.43. The Morgan fingerprint density at radius 1 is 1.38 bits per heavy atom. The lowest BCUT2D eigenvalue weighted by Crippen LogP contribution is -1.92. The first-order chi connectivity index (χ1) is 7.74. The van der Waals surface area contributed by atoms with Crippen LogP contribution in [0.15, 0.2) is 29.2 Å². The zero-order valence-corrected chi connectivity index (χ0v) is 10.8. The summed E-state index contributed by atoms with van der Waals surface area (Å²) in [5.41, 5.74) is 0.988. The van der Waals surface area contributed by atoms with Crippen molar-refractivity contribution < 1.29 is 9.84 Å². The van der Waals surface area contributed by atoms with Crippen LogP contribution in [0.4, 0.5) is 0 Å². The molecule has 0 amide bonds. The minimum absolute atomic E-state index is 0.381. The summed E-state index contributed by atoms with van der Waals surface area (Å²) in [5.74, 6) is 1.10. The van der Waals surface area contributed by atoms with Crippen LogP contribution in [0.5, 0.6) is 0 Å². The van der Waals surface area contributed by atoms with Crippen molar-refractivity contribution in [1.29, 1.82) is 0 Å². The van der Waals surface area contributed by atoms with Crippen molar-refractivity contribution in [2.45, 2.75) is 30.8 Å². The summed E-state index contributed by atoms with van der Waals surface area (Å²) in [4.78, 5) is 1.23. The minimum Gasteiger partial charge on any atom is -0.389 e. The Bertz CT molecular complexity index is 300. The largest absolute Gasteiger partial charge is 0.389 e. The molecule has 2 nitrogen and oxygen atoms in total. The molecule has 0 saturated carbocycles. The quantitative estimate of drug-likeness (QED) is 0.586. The van der Waals surface area contributed by atoms with Crippen LogP contribution in [0.2, 0.25) is 0 Å². The van der Waals surface area contributed by atoms with Gasteiger partial charge >= 0.3 is 0 Å². The third kappa shape index (κ3) is 5.01. The standard InChI is InChI=1S/C13H20O2S/c1-11(14)12-6-5-7-13(10-12)16-9-4-3-8-15-2/h5-7,10-11,14H,3-4,8-9H2,1-2H3. The number of unbranched alkanes of at least 4 members (excludes halogenated alkanes) is 1. The summed E-state index contributed by atoms with van der Waals surface area (Å²) in [5, 5.41) is 9.46. The van der Waals surface area contributed by atoms with Gasteiger partial charge in [-0.05, 0) is 43.2 Å². The van der Waals surface area contributed by atoms with E-state index in [0.717, 1.165) is 30.8 Å². The van der Waals surface area contributed by atoms with Gasteiger partial charge in [0.25, 0.3) is 0 Å². The van der Waals surface area contributed by atoms with Gasteiger partial charge in [-0.1, -0.05) is 12.1 Å². The highest BCUT2D eigenvalue weighted by Crippen LogP contribution is 2.23. The van der Waals surface area contributed by atoms with Gasteiger partial charge in [0.1, 0.15) is 0 Å². The number of methoxy groups -OCH3 is 1. The molecule has 3 heteroatoms. The molecular weight excluding hydrogens is 220 g/mol. The third-order valence-electron chi connectivity index (χ3n) is 2.35. The number of thioether (sulfide) groups is 1. The Morgan fingerprint density at radius 3 is 2.88 bits per heavy atom. The summed E-state index contributed by atoms with van der Waals surface area (Å²) >= 11 is 1.84. The second-order valence-corrected chi connectivity index (χ2v) is 4.97. The van der Waals surface area contributed by atoms with E-state index in [4.69, 9.17) is 4.74 Å². The number of aliphatic hydroxyl groups is 1. The lowest BCUT2D eigenvalue weighted by Gasteiger charge is -2.07. The highest BCUT2D eigenvalue weighted by Gasteiger charge is 2.01. The number of hydrogen-bond acceptors (Lipinski definition) is 3. The van der Waals surface area contributed by atoms with Crippen LogP contribution >= 0.6 is 11.8 Å². The molecule has 0 aliphatic heterocycles. The molecule has 16 heavy (non-hydrogen) atoms. The highest BCUT2D eigenvalue weighted by molar-refractivity contribution is 7.99. The molecule has 0 spiro atoms. The van der Waals surface area contributed by atoms with Gasteiger partial charge < -0.3 is 9.84 Å². The monoisotopic (exact) mass is 240 g/mol. The zero-order valence-electron chi connectivity index (χ0n) is 9.98. The fourth-order valence-electron chi connectivity index (χ4n) is 1.40. The molecule has 90 valence electrons. The molecule has 0 aliphatic rings. The van der Waals surface area contributed by atoms with Gasteiger partial charge in [-0.3, -0.25) is 0 Å². The van der Waals surface area contributed by atoms with E-state index < -0.39 is 0 Å². The average molecular weight is 240 g/mol. The van der Waals surface area contributed by atoms with Gasteiger partial charge in [0.2, 0.25) is 0 Å². The molecular formula is C13H20O2S. The maximum atomic E-state index is 9.46. The Labute approximate surface area is 102 Å². The Morgan fingerprint density at radius 2 is 2.19 bits per heavy atom. The zero-order chi connectivity index (χ0) is 11.8. The van der Waals surface area contributed by atoms with Gasteiger partial charge in [0.15, 0.2) is 0 Å². The summed E-state index contributed by atoms with van der Waals surface area (Å²) in [6.45, 7) is 2.64. The first-order valence-electron chi connectivity index (χ1n) is 5.64. The topological polar surface area (TPSA) is 29.5 Å². The van der Waals surface area contributed by atoms with Crippen LogP contribution in [0.25, 0.3) is 0 Å². The Balaban J connectivity index is 2.33. The molecule has 0 heterocycles. The van der Waals surface area contributed by atoms with Crippen LogP contribution < -0.4 is 0 Å². The van der Waals surface area contributed by atoms with Gasteiger partial charge in [-0.25, -0.2) is 0 Å². The molecule has 0 fully saturated rings. The lowest BCUT2D eigenvalue weighted by molar-refractivity contribution is 0.194. The highest BCUT2D eigenvalue weighted by atomic mass is 32.2. The van der Waals surface area contributed by atoms with E-state index in [1.54, 1.807) is 14.0 Å². The number of benzene rings is 1. The minimum atomic E-state index is -0.381. The van der Waals surface area contributed by atoms with E-state index >= 15 is 0 Å². The molecule has 1 unspecified atom stereocenters. The van der Waals surface area contributed by atoms with Crippen LogP contribution in [0, 0.1) is 0 Å². The van der Waals surface area contributed by atoms with E-state index in [0.29, 0.717) is 0 Å². The van der Waals surface area contributed by atoms with Crippen molar-refractivity contribution in [2.75, 3.05) is 19.5 Å². The predicted molar refractivity (Wildman–Crippen MR) is 68.9 cm³/mol. The fourth-order valence-corrected chi connectivity index (χ4v) is 2.38. The van der Waals surface area contributed by atoms with E-state index in [-0.39, 0.29) is 6.10 Å². The van der Waals surface area contributed by atoms with Crippen LogP contribution in [0.3, 0.4) is 0 Å². The number of ether oxygens (including phenoxy) is 1. The van der Waals surface area contributed by atoms with E-state index in [1.165, 1.54) is 4.90 Å².